The van der Waals surface area contributed by atoms with Gasteiger partial charge in [-0.05, 0) is 54.8 Å². The lowest BCUT2D eigenvalue weighted by Crippen LogP contribution is -2.27. The Kier molecular flexibility index (Phi) is 8.56. The molecule has 0 aliphatic carbocycles. The smallest absolute Gasteiger partial charge is 0.255 e. The molecule has 0 saturated carbocycles. The molecule has 240 valence electrons. The van der Waals surface area contributed by atoms with Gasteiger partial charge in [-0.2, -0.15) is 0 Å². The van der Waals surface area contributed by atoms with Crippen LogP contribution >= 0.6 is 11.3 Å². The van der Waals surface area contributed by atoms with Gasteiger partial charge in [0.15, 0.2) is 0 Å². The van der Waals surface area contributed by atoms with Crippen molar-refractivity contribution < 1.29 is 27.3 Å². The number of pyridine rings is 1. The van der Waals surface area contributed by atoms with E-state index in [0.29, 0.717) is 44.8 Å². The van der Waals surface area contributed by atoms with Crippen LogP contribution in [0.15, 0.2) is 70.2 Å². The van der Waals surface area contributed by atoms with Crippen molar-refractivity contribution in [1.29, 1.82) is 0 Å². The van der Waals surface area contributed by atoms with E-state index in [1.807, 2.05) is 18.3 Å². The van der Waals surface area contributed by atoms with Crippen molar-refractivity contribution in [3.05, 3.63) is 77.7 Å². The van der Waals surface area contributed by atoms with Gasteiger partial charge in [0.25, 0.3) is 5.91 Å². The van der Waals surface area contributed by atoms with E-state index in [9.17, 15) is 18.2 Å². The highest BCUT2D eigenvalue weighted by Gasteiger charge is 2.26. The first-order valence-electron chi connectivity index (χ1n) is 14.6. The highest BCUT2D eigenvalue weighted by molar-refractivity contribution is 8.13. The number of hydrogen-bond donors (Lipinski definition) is 1. The van der Waals surface area contributed by atoms with Crippen LogP contribution in [0.1, 0.15) is 29.3 Å². The van der Waals surface area contributed by atoms with Crippen LogP contribution < -0.4 is 14.4 Å². The number of furan rings is 1. The normalized spacial score (nSPS) is 15.1. The van der Waals surface area contributed by atoms with Gasteiger partial charge >= 0.3 is 0 Å². The predicted molar refractivity (Wildman–Crippen MR) is 189 cm³/mol. The SMILES string of the molecule is C=S(=O)(C=O)N(C)c1cc2oc(-c3ccc(F)cc3)c(C(=O)NC)c2cc1-c1cnc(OC)c(-c2cc3c(s2)N=CC(CC)C=C3)c1. The summed E-state index contributed by atoms with van der Waals surface area (Å²) in [6.07, 6.45) is 8.72. The van der Waals surface area contributed by atoms with E-state index in [1.54, 1.807) is 25.4 Å². The number of carbonyl (C=O) groups excluding carboxylic acids is 2. The van der Waals surface area contributed by atoms with E-state index in [1.165, 1.54) is 54.0 Å². The summed E-state index contributed by atoms with van der Waals surface area (Å²) in [4.78, 5) is 35.4. The Morgan fingerprint density at radius 1 is 1.19 bits per heavy atom. The zero-order valence-electron chi connectivity index (χ0n) is 26.1. The molecule has 2 aromatic carbocycles. The van der Waals surface area contributed by atoms with Crippen LogP contribution in [0.4, 0.5) is 15.1 Å². The molecule has 0 bridgehead atoms. The van der Waals surface area contributed by atoms with Crippen molar-refractivity contribution in [3.8, 4) is 38.8 Å². The average molecular weight is 671 g/mol. The fourth-order valence-corrected chi connectivity index (χ4v) is 7.00. The topological polar surface area (TPSA) is 114 Å². The Bertz CT molecular complexity index is 2170. The number of carbonyl (C=O) groups is 2. The molecule has 3 aromatic heterocycles. The van der Waals surface area contributed by atoms with E-state index in [4.69, 9.17) is 14.1 Å². The lowest BCUT2D eigenvalue weighted by Gasteiger charge is -2.23. The average Bonchev–Trinajstić information content (AvgIpc) is 3.62. The van der Waals surface area contributed by atoms with Gasteiger partial charge in [0, 0.05) is 71.0 Å². The Balaban J connectivity index is 1.60. The number of nitrogens with zero attached hydrogens (tertiary/aromatic N) is 3. The number of benzene rings is 2. The molecular weight excluding hydrogens is 640 g/mol. The van der Waals surface area contributed by atoms with Crippen LogP contribution in [-0.2, 0) is 14.5 Å². The van der Waals surface area contributed by atoms with Gasteiger partial charge in [-0.25, -0.2) is 18.6 Å². The Hall–Kier alpha value is -5.07. The van der Waals surface area contributed by atoms with Crippen LogP contribution in [0.3, 0.4) is 0 Å². The predicted octanol–water partition coefficient (Wildman–Crippen LogP) is 7.41. The molecule has 9 nitrogen and oxygen atoms in total. The third-order valence-corrected chi connectivity index (χ3v) is 10.6. The zero-order valence-corrected chi connectivity index (χ0v) is 27.7. The van der Waals surface area contributed by atoms with E-state index < -0.39 is 21.4 Å². The Morgan fingerprint density at radius 3 is 2.64 bits per heavy atom. The van der Waals surface area contributed by atoms with Gasteiger partial charge in [-0.1, -0.05) is 19.1 Å². The van der Waals surface area contributed by atoms with Crippen molar-refractivity contribution in [3.63, 3.8) is 0 Å². The van der Waals surface area contributed by atoms with E-state index in [0.717, 1.165) is 21.9 Å². The third kappa shape index (κ3) is 5.85. The number of methoxy groups -OCH3 is 1. The number of thiophene rings is 1. The summed E-state index contributed by atoms with van der Waals surface area (Å²) >= 11 is 1.50. The molecule has 47 heavy (non-hydrogen) atoms. The largest absolute Gasteiger partial charge is 0.481 e. The van der Waals surface area contributed by atoms with Gasteiger partial charge in [-0.15, -0.1) is 11.3 Å². The number of nitrogens with one attached hydrogen (secondary N) is 1. The van der Waals surface area contributed by atoms with E-state index >= 15 is 0 Å². The van der Waals surface area contributed by atoms with Crippen molar-refractivity contribution in [2.75, 3.05) is 25.5 Å². The summed E-state index contributed by atoms with van der Waals surface area (Å²) in [6, 6.07) is 12.9. The quantitative estimate of drug-likeness (QED) is 0.129. The molecular formula is C35H31FN4O5S2. The molecule has 0 spiro atoms. The molecule has 1 aliphatic rings. The molecule has 0 radical (unpaired) electrons. The number of hydrogen-bond acceptors (Lipinski definition) is 8. The fraction of sp³-hybridized carbons (Fsp3) is 0.171. The maximum Gasteiger partial charge on any atom is 0.255 e. The van der Waals surface area contributed by atoms with Gasteiger partial charge in [0.05, 0.1) is 23.9 Å². The minimum Gasteiger partial charge on any atom is -0.481 e. The van der Waals surface area contributed by atoms with Crippen LogP contribution in [-0.4, -0.2) is 54.0 Å². The lowest BCUT2D eigenvalue weighted by molar-refractivity contribution is 0.0964. The second-order valence-electron chi connectivity index (χ2n) is 10.9. The summed E-state index contributed by atoms with van der Waals surface area (Å²) in [5, 5.41) is 3.97. The minimum absolute atomic E-state index is 0.225. The number of ether oxygens (including phenoxy) is 1. The molecule has 12 heteroatoms. The second-order valence-corrected chi connectivity index (χ2v) is 14.1. The molecule has 4 heterocycles. The number of halogens is 1. The number of fused-ring (bicyclic) bond motifs is 2. The zero-order chi connectivity index (χ0) is 33.5. The van der Waals surface area contributed by atoms with Gasteiger partial charge in [-0.3, -0.25) is 13.9 Å². The number of rotatable bonds is 9. The number of allylic oxidation sites excluding steroid dienone is 1. The molecule has 2 atom stereocenters. The van der Waals surface area contributed by atoms with Gasteiger partial charge in [0.1, 0.15) is 31.9 Å². The maximum atomic E-state index is 13.8. The standard InChI is InChI=1S/C35H31FN4O5S2/c1-6-20-7-8-22-14-30(46-35(22)39-17-20)27-13-23(18-38-34(27)44-4)25-15-26-29(16-28(25)40(3)47(5,43)19-41)45-32(31(26)33(42)37-2)21-9-11-24(36)12-10-21/h7-20H,5-6H2,1-4H3,(H,37,42). The number of aliphatic imine (C=N–C) groups is 1. The summed E-state index contributed by atoms with van der Waals surface area (Å²) in [7, 11) is 1.15. The highest BCUT2D eigenvalue weighted by atomic mass is 32.2. The summed E-state index contributed by atoms with van der Waals surface area (Å²) in [5.41, 5.74) is 4.43. The molecule has 0 fully saturated rings. The summed E-state index contributed by atoms with van der Waals surface area (Å²) in [5.74, 6) is 3.68. The first-order chi connectivity index (χ1) is 22.6. The monoisotopic (exact) mass is 670 g/mol. The fourth-order valence-electron chi connectivity index (χ4n) is 5.38. The molecule has 6 rings (SSSR count). The van der Waals surface area contributed by atoms with Crippen molar-refractivity contribution in [2.45, 2.75) is 13.3 Å². The van der Waals surface area contributed by atoms with Crippen LogP contribution in [0.2, 0.25) is 0 Å². The first kappa shape index (κ1) is 31.9. The van der Waals surface area contributed by atoms with Crippen molar-refractivity contribution >= 4 is 72.4 Å². The van der Waals surface area contributed by atoms with E-state index in [-0.39, 0.29) is 22.8 Å². The lowest BCUT2D eigenvalue weighted by atomic mass is 9.98. The van der Waals surface area contributed by atoms with Crippen molar-refractivity contribution in [2.24, 2.45) is 10.9 Å². The number of aromatic nitrogens is 1. The molecule has 1 aliphatic heterocycles. The molecule has 5 aromatic rings. The summed E-state index contributed by atoms with van der Waals surface area (Å²) < 4.78 is 40.2. The van der Waals surface area contributed by atoms with Crippen molar-refractivity contribution in [1.82, 2.24) is 10.3 Å². The molecule has 1 N–H and O–H groups in total. The van der Waals surface area contributed by atoms with Gasteiger partial charge < -0.3 is 14.5 Å². The van der Waals surface area contributed by atoms with E-state index in [2.05, 4.69) is 35.2 Å². The number of anilines is 1. The van der Waals surface area contributed by atoms with Crippen LogP contribution in [0, 0.1) is 11.7 Å². The highest BCUT2D eigenvalue weighted by Crippen LogP contribution is 2.45. The summed E-state index contributed by atoms with van der Waals surface area (Å²) in [6.45, 7) is 2.11. The molecule has 1 amide bonds. The molecule has 2 unspecified atom stereocenters. The minimum atomic E-state index is -3.40. The second kappa shape index (κ2) is 12.6. The molecule has 0 saturated heterocycles. The van der Waals surface area contributed by atoms with Gasteiger partial charge in [0.2, 0.25) is 11.5 Å². The Labute approximate surface area is 275 Å². The van der Waals surface area contributed by atoms with Crippen LogP contribution in [0.25, 0.3) is 49.9 Å². The van der Waals surface area contributed by atoms with Crippen LogP contribution in [0.5, 0.6) is 5.88 Å². The third-order valence-electron chi connectivity index (χ3n) is 8.06. The maximum absolute atomic E-state index is 13.8. The number of amides is 1. The first-order valence-corrected chi connectivity index (χ1v) is 17.2. The Morgan fingerprint density at radius 2 is 1.96 bits per heavy atom.